The number of aryl methyl sites for hydroxylation is 1. The molecule has 4 rings (SSSR count). The lowest BCUT2D eigenvalue weighted by molar-refractivity contribution is -0.125. The smallest absolute Gasteiger partial charge is 0.263 e. The van der Waals surface area contributed by atoms with Gasteiger partial charge in [0.1, 0.15) is 5.75 Å². The SMILES string of the molecule is Cc1ccccc1Oc1nccnc1N1CCCC(C(=O)NCc2cccc(Br)c2)C1. The molecular weight excluding hydrogens is 456 g/mol. The Bertz CT molecular complexity index is 1060. The van der Waals surface area contributed by atoms with Crippen LogP contribution in [0.3, 0.4) is 0 Å². The van der Waals surface area contributed by atoms with E-state index in [9.17, 15) is 4.79 Å². The first-order valence-electron chi connectivity index (χ1n) is 10.4. The number of aromatic nitrogens is 2. The van der Waals surface area contributed by atoms with Crippen molar-refractivity contribution in [2.45, 2.75) is 26.3 Å². The summed E-state index contributed by atoms with van der Waals surface area (Å²) < 4.78 is 7.09. The van der Waals surface area contributed by atoms with Crippen LogP contribution in [0.5, 0.6) is 11.6 Å². The van der Waals surface area contributed by atoms with Gasteiger partial charge in [-0.1, -0.05) is 46.3 Å². The molecule has 1 amide bonds. The van der Waals surface area contributed by atoms with Crippen molar-refractivity contribution in [2.24, 2.45) is 5.92 Å². The Balaban J connectivity index is 1.44. The Kier molecular flexibility index (Phi) is 6.82. The number of para-hydroxylation sites is 1. The van der Waals surface area contributed by atoms with Crippen molar-refractivity contribution in [3.63, 3.8) is 0 Å². The summed E-state index contributed by atoms with van der Waals surface area (Å²) in [6.07, 6.45) is 5.06. The highest BCUT2D eigenvalue weighted by molar-refractivity contribution is 9.10. The number of carbonyl (C=O) groups is 1. The molecule has 31 heavy (non-hydrogen) atoms. The lowest BCUT2D eigenvalue weighted by atomic mass is 9.97. The zero-order chi connectivity index (χ0) is 21.6. The van der Waals surface area contributed by atoms with Crippen molar-refractivity contribution in [1.29, 1.82) is 0 Å². The molecule has 1 aliphatic heterocycles. The summed E-state index contributed by atoms with van der Waals surface area (Å²) in [6, 6.07) is 15.8. The molecule has 1 saturated heterocycles. The first kappa shape index (κ1) is 21.3. The summed E-state index contributed by atoms with van der Waals surface area (Å²) in [6.45, 7) is 3.92. The van der Waals surface area contributed by atoms with Gasteiger partial charge in [0.25, 0.3) is 5.88 Å². The highest BCUT2D eigenvalue weighted by Crippen LogP contribution is 2.32. The van der Waals surface area contributed by atoms with Crippen LogP contribution in [-0.2, 0) is 11.3 Å². The average molecular weight is 481 g/mol. The third kappa shape index (κ3) is 5.41. The largest absolute Gasteiger partial charge is 0.436 e. The molecule has 1 N–H and O–H groups in total. The predicted molar refractivity (Wildman–Crippen MR) is 124 cm³/mol. The third-order valence-electron chi connectivity index (χ3n) is 5.39. The number of amides is 1. The number of benzene rings is 2. The van der Waals surface area contributed by atoms with Gasteiger partial charge in [-0.05, 0) is 49.1 Å². The van der Waals surface area contributed by atoms with Crippen LogP contribution in [-0.4, -0.2) is 29.0 Å². The van der Waals surface area contributed by atoms with E-state index >= 15 is 0 Å². The minimum atomic E-state index is -0.103. The van der Waals surface area contributed by atoms with Crippen molar-refractivity contribution in [3.8, 4) is 11.6 Å². The topological polar surface area (TPSA) is 67.4 Å². The molecule has 0 aliphatic carbocycles. The first-order valence-corrected chi connectivity index (χ1v) is 11.2. The zero-order valence-electron chi connectivity index (χ0n) is 17.4. The van der Waals surface area contributed by atoms with E-state index in [1.54, 1.807) is 12.4 Å². The van der Waals surface area contributed by atoms with E-state index in [4.69, 9.17) is 4.74 Å². The van der Waals surface area contributed by atoms with E-state index in [-0.39, 0.29) is 11.8 Å². The van der Waals surface area contributed by atoms with Gasteiger partial charge in [0, 0.05) is 36.5 Å². The summed E-state index contributed by atoms with van der Waals surface area (Å²) in [5.41, 5.74) is 2.10. The van der Waals surface area contributed by atoms with Crippen molar-refractivity contribution < 1.29 is 9.53 Å². The third-order valence-corrected chi connectivity index (χ3v) is 5.89. The van der Waals surface area contributed by atoms with E-state index in [0.717, 1.165) is 40.7 Å². The van der Waals surface area contributed by atoms with Crippen LogP contribution in [0, 0.1) is 12.8 Å². The number of ether oxygens (including phenoxy) is 1. The van der Waals surface area contributed by atoms with Crippen LogP contribution < -0.4 is 15.0 Å². The standard InChI is InChI=1S/C24H25BrN4O2/c1-17-6-2-3-10-21(17)31-24-22(26-11-12-27-24)29-13-5-8-19(16-29)23(30)28-15-18-7-4-9-20(25)14-18/h2-4,6-7,9-12,14,19H,5,8,13,15-16H2,1H3,(H,28,30). The number of halogens is 1. The lowest BCUT2D eigenvalue weighted by Gasteiger charge is -2.33. The average Bonchev–Trinajstić information content (AvgIpc) is 2.79. The number of nitrogens with zero attached hydrogens (tertiary/aromatic N) is 3. The number of carbonyl (C=O) groups excluding carboxylic acids is 1. The highest BCUT2D eigenvalue weighted by atomic mass is 79.9. The Morgan fingerprint density at radius 1 is 1.19 bits per heavy atom. The quantitative estimate of drug-likeness (QED) is 0.544. The number of hydrogen-bond donors (Lipinski definition) is 1. The Morgan fingerprint density at radius 2 is 2.03 bits per heavy atom. The molecule has 2 aromatic carbocycles. The van der Waals surface area contributed by atoms with Crippen LogP contribution in [0.4, 0.5) is 5.82 Å². The molecule has 160 valence electrons. The number of hydrogen-bond acceptors (Lipinski definition) is 5. The fraction of sp³-hybridized carbons (Fsp3) is 0.292. The summed E-state index contributed by atoms with van der Waals surface area (Å²) >= 11 is 3.47. The second kappa shape index (κ2) is 9.92. The number of anilines is 1. The maximum absolute atomic E-state index is 12.8. The maximum Gasteiger partial charge on any atom is 0.263 e. The number of nitrogens with one attached hydrogen (secondary N) is 1. The van der Waals surface area contributed by atoms with Crippen molar-refractivity contribution in [1.82, 2.24) is 15.3 Å². The minimum Gasteiger partial charge on any atom is -0.436 e. The Morgan fingerprint density at radius 3 is 2.87 bits per heavy atom. The van der Waals surface area contributed by atoms with Crippen molar-refractivity contribution in [3.05, 3.63) is 76.5 Å². The Labute approximate surface area is 190 Å². The van der Waals surface area contributed by atoms with Crippen LogP contribution in [0.25, 0.3) is 0 Å². The van der Waals surface area contributed by atoms with E-state index < -0.39 is 0 Å². The summed E-state index contributed by atoms with van der Waals surface area (Å²) in [5, 5.41) is 3.08. The molecule has 0 saturated carbocycles. The van der Waals surface area contributed by atoms with Gasteiger partial charge in [-0.3, -0.25) is 4.79 Å². The monoisotopic (exact) mass is 480 g/mol. The van der Waals surface area contributed by atoms with Gasteiger partial charge in [-0.2, -0.15) is 0 Å². The summed E-state index contributed by atoms with van der Waals surface area (Å²) in [5.74, 6) is 1.86. The van der Waals surface area contributed by atoms with Gasteiger partial charge in [0.2, 0.25) is 5.91 Å². The predicted octanol–water partition coefficient (Wildman–Crippen LogP) is 4.87. The minimum absolute atomic E-state index is 0.0648. The van der Waals surface area contributed by atoms with Gasteiger partial charge >= 0.3 is 0 Å². The molecule has 3 aromatic rings. The van der Waals surface area contributed by atoms with Crippen LogP contribution >= 0.6 is 15.9 Å². The second-order valence-electron chi connectivity index (χ2n) is 7.69. The molecule has 0 spiro atoms. The highest BCUT2D eigenvalue weighted by Gasteiger charge is 2.28. The summed E-state index contributed by atoms with van der Waals surface area (Å²) in [4.78, 5) is 23.9. The van der Waals surface area contributed by atoms with Gasteiger partial charge in [0.05, 0.1) is 5.92 Å². The second-order valence-corrected chi connectivity index (χ2v) is 8.60. The van der Waals surface area contributed by atoms with Crippen LogP contribution in [0.2, 0.25) is 0 Å². The van der Waals surface area contributed by atoms with Gasteiger partial charge in [0.15, 0.2) is 5.82 Å². The molecule has 1 aliphatic rings. The molecule has 1 fully saturated rings. The molecule has 2 heterocycles. The molecular formula is C24H25BrN4O2. The number of rotatable bonds is 6. The molecule has 0 bridgehead atoms. The normalized spacial score (nSPS) is 16.1. The summed E-state index contributed by atoms with van der Waals surface area (Å²) in [7, 11) is 0. The van der Waals surface area contributed by atoms with E-state index in [1.807, 2.05) is 55.5 Å². The lowest BCUT2D eigenvalue weighted by Crippen LogP contribution is -2.43. The first-order chi connectivity index (χ1) is 15.1. The van der Waals surface area contributed by atoms with E-state index in [0.29, 0.717) is 24.8 Å². The van der Waals surface area contributed by atoms with Crippen molar-refractivity contribution in [2.75, 3.05) is 18.0 Å². The maximum atomic E-state index is 12.8. The molecule has 0 radical (unpaired) electrons. The fourth-order valence-electron chi connectivity index (χ4n) is 3.75. The van der Waals surface area contributed by atoms with Crippen molar-refractivity contribution >= 4 is 27.7 Å². The Hall–Kier alpha value is -2.93. The zero-order valence-corrected chi connectivity index (χ0v) is 19.0. The molecule has 6 nitrogen and oxygen atoms in total. The van der Waals surface area contributed by atoms with Crippen LogP contribution in [0.15, 0.2) is 65.4 Å². The molecule has 1 atom stereocenters. The van der Waals surface area contributed by atoms with E-state index in [2.05, 4.69) is 36.1 Å². The van der Waals surface area contributed by atoms with E-state index in [1.165, 1.54) is 0 Å². The number of piperidine rings is 1. The van der Waals surface area contributed by atoms with Gasteiger partial charge < -0.3 is 15.0 Å². The molecule has 7 heteroatoms. The van der Waals surface area contributed by atoms with Crippen LogP contribution in [0.1, 0.15) is 24.0 Å². The van der Waals surface area contributed by atoms with Gasteiger partial charge in [-0.25, -0.2) is 9.97 Å². The van der Waals surface area contributed by atoms with Gasteiger partial charge in [-0.15, -0.1) is 0 Å². The fourth-order valence-corrected chi connectivity index (χ4v) is 4.19. The molecule has 1 unspecified atom stereocenters. The molecule has 1 aromatic heterocycles.